The lowest BCUT2D eigenvalue weighted by Crippen LogP contribution is -2.24. The lowest BCUT2D eigenvalue weighted by Gasteiger charge is -2.12. The number of ether oxygens (including phenoxy) is 3. The predicted molar refractivity (Wildman–Crippen MR) is 95.5 cm³/mol. The standard InChI is InChI=1S/C18H21N3O4/c1-13-3-6-15(7-4-13)24-9-10-25-16-8-5-14(11-17(16)23-2)12-20-21-18(19)22/h3-8,11-12H,9-10H2,1-2H3,(H3,19,21,22)/b20-12+. The summed E-state index contributed by atoms with van der Waals surface area (Å²) in [5, 5.41) is 3.70. The smallest absolute Gasteiger partial charge is 0.332 e. The largest absolute Gasteiger partial charge is 0.493 e. The maximum Gasteiger partial charge on any atom is 0.332 e. The van der Waals surface area contributed by atoms with E-state index < -0.39 is 6.03 Å². The molecule has 0 saturated heterocycles. The number of amides is 2. The van der Waals surface area contributed by atoms with Crippen molar-refractivity contribution in [3.05, 3.63) is 53.6 Å². The summed E-state index contributed by atoms with van der Waals surface area (Å²) in [5.41, 5.74) is 8.97. The molecule has 0 aliphatic heterocycles. The number of hydrogen-bond donors (Lipinski definition) is 2. The van der Waals surface area contributed by atoms with E-state index in [1.54, 1.807) is 25.3 Å². The molecule has 0 bridgehead atoms. The molecule has 0 aliphatic carbocycles. The maximum absolute atomic E-state index is 10.6. The summed E-state index contributed by atoms with van der Waals surface area (Å²) in [7, 11) is 1.55. The second kappa shape index (κ2) is 9.17. The van der Waals surface area contributed by atoms with Gasteiger partial charge in [0.1, 0.15) is 19.0 Å². The van der Waals surface area contributed by atoms with Crippen molar-refractivity contribution in [1.29, 1.82) is 0 Å². The summed E-state index contributed by atoms with van der Waals surface area (Å²) >= 11 is 0. The van der Waals surface area contributed by atoms with E-state index in [1.165, 1.54) is 11.8 Å². The van der Waals surface area contributed by atoms with E-state index in [1.807, 2.05) is 31.2 Å². The molecule has 0 atom stereocenters. The van der Waals surface area contributed by atoms with E-state index in [4.69, 9.17) is 19.9 Å². The lowest BCUT2D eigenvalue weighted by atomic mass is 10.2. The third-order valence-electron chi connectivity index (χ3n) is 3.21. The van der Waals surface area contributed by atoms with Gasteiger partial charge in [0, 0.05) is 0 Å². The highest BCUT2D eigenvalue weighted by atomic mass is 16.5. The van der Waals surface area contributed by atoms with E-state index in [9.17, 15) is 4.79 Å². The Hall–Kier alpha value is -3.22. The number of benzene rings is 2. The van der Waals surface area contributed by atoms with Crippen LogP contribution in [0, 0.1) is 6.92 Å². The molecule has 132 valence electrons. The lowest BCUT2D eigenvalue weighted by molar-refractivity contribution is 0.211. The summed E-state index contributed by atoms with van der Waals surface area (Å²) in [4.78, 5) is 10.6. The number of nitrogens with two attached hydrogens (primary N) is 1. The number of aryl methyl sites for hydroxylation is 1. The van der Waals surface area contributed by atoms with Crippen molar-refractivity contribution >= 4 is 12.2 Å². The van der Waals surface area contributed by atoms with Crippen molar-refractivity contribution in [2.24, 2.45) is 10.8 Å². The molecule has 7 nitrogen and oxygen atoms in total. The van der Waals surface area contributed by atoms with Gasteiger partial charge in [-0.15, -0.1) is 0 Å². The molecule has 0 radical (unpaired) electrons. The molecule has 2 rings (SSSR count). The number of hydrazone groups is 1. The van der Waals surface area contributed by atoms with Crippen molar-refractivity contribution in [1.82, 2.24) is 5.43 Å². The van der Waals surface area contributed by atoms with Crippen LogP contribution in [0.15, 0.2) is 47.6 Å². The van der Waals surface area contributed by atoms with Crippen LogP contribution in [0.2, 0.25) is 0 Å². The van der Waals surface area contributed by atoms with Crippen LogP contribution >= 0.6 is 0 Å². The molecule has 0 heterocycles. The number of carbonyl (C=O) groups excluding carboxylic acids is 1. The van der Waals surface area contributed by atoms with Crippen LogP contribution in [0.25, 0.3) is 0 Å². The Kier molecular flexibility index (Phi) is 6.65. The molecule has 7 heteroatoms. The number of hydrogen-bond acceptors (Lipinski definition) is 5. The highest BCUT2D eigenvalue weighted by Gasteiger charge is 2.05. The first-order chi connectivity index (χ1) is 12.1. The Morgan fingerprint density at radius 3 is 2.52 bits per heavy atom. The molecular formula is C18H21N3O4. The quantitative estimate of drug-likeness (QED) is 0.437. The number of methoxy groups -OCH3 is 1. The van der Waals surface area contributed by atoms with Gasteiger partial charge in [-0.25, -0.2) is 10.2 Å². The van der Waals surface area contributed by atoms with Crippen LogP contribution in [0.5, 0.6) is 17.2 Å². The zero-order chi connectivity index (χ0) is 18.1. The molecule has 0 unspecified atom stereocenters. The fourth-order valence-electron chi connectivity index (χ4n) is 2.00. The fourth-order valence-corrected chi connectivity index (χ4v) is 2.00. The van der Waals surface area contributed by atoms with Gasteiger partial charge in [-0.05, 0) is 42.8 Å². The third-order valence-corrected chi connectivity index (χ3v) is 3.21. The van der Waals surface area contributed by atoms with E-state index in [0.29, 0.717) is 24.7 Å². The second-order valence-electron chi connectivity index (χ2n) is 5.15. The van der Waals surface area contributed by atoms with Gasteiger partial charge in [0.25, 0.3) is 0 Å². The van der Waals surface area contributed by atoms with Crippen molar-refractivity contribution in [3.8, 4) is 17.2 Å². The SMILES string of the molecule is COc1cc(/C=N/NC(N)=O)ccc1OCCOc1ccc(C)cc1. The molecule has 0 aromatic heterocycles. The minimum Gasteiger partial charge on any atom is -0.493 e. The van der Waals surface area contributed by atoms with Crippen molar-refractivity contribution in [3.63, 3.8) is 0 Å². The molecular weight excluding hydrogens is 322 g/mol. The van der Waals surface area contributed by atoms with Crippen LogP contribution in [0.3, 0.4) is 0 Å². The Balaban J connectivity index is 1.87. The van der Waals surface area contributed by atoms with Crippen LogP contribution in [-0.4, -0.2) is 32.6 Å². The monoisotopic (exact) mass is 343 g/mol. The summed E-state index contributed by atoms with van der Waals surface area (Å²) in [6.45, 7) is 2.82. The molecule has 2 amide bonds. The summed E-state index contributed by atoms with van der Waals surface area (Å²) in [5.74, 6) is 1.95. The molecule has 25 heavy (non-hydrogen) atoms. The van der Waals surface area contributed by atoms with Crippen molar-refractivity contribution in [2.45, 2.75) is 6.92 Å². The first-order valence-electron chi connectivity index (χ1n) is 7.67. The van der Waals surface area contributed by atoms with Gasteiger partial charge < -0.3 is 19.9 Å². The number of carbonyl (C=O) groups is 1. The molecule has 2 aromatic carbocycles. The van der Waals surface area contributed by atoms with E-state index in [2.05, 4.69) is 10.5 Å². The number of urea groups is 1. The first kappa shape index (κ1) is 18.1. The average molecular weight is 343 g/mol. The molecule has 3 N–H and O–H groups in total. The minimum atomic E-state index is -0.725. The van der Waals surface area contributed by atoms with Crippen molar-refractivity contribution < 1.29 is 19.0 Å². The van der Waals surface area contributed by atoms with Crippen LogP contribution in [-0.2, 0) is 0 Å². The molecule has 2 aromatic rings. The van der Waals surface area contributed by atoms with Gasteiger partial charge >= 0.3 is 6.03 Å². The van der Waals surface area contributed by atoms with Gasteiger partial charge in [-0.1, -0.05) is 17.7 Å². The maximum atomic E-state index is 10.6. The normalized spacial score (nSPS) is 10.5. The first-order valence-corrected chi connectivity index (χ1v) is 7.67. The third kappa shape index (κ3) is 6.06. The molecule has 0 fully saturated rings. The summed E-state index contributed by atoms with van der Waals surface area (Å²) in [6, 6.07) is 12.4. The summed E-state index contributed by atoms with van der Waals surface area (Å²) < 4.78 is 16.6. The Bertz CT molecular complexity index is 730. The van der Waals surface area contributed by atoms with Gasteiger partial charge in [0.2, 0.25) is 0 Å². The van der Waals surface area contributed by atoms with E-state index in [-0.39, 0.29) is 0 Å². The average Bonchev–Trinajstić information content (AvgIpc) is 2.60. The predicted octanol–water partition coefficient (Wildman–Crippen LogP) is 2.46. The minimum absolute atomic E-state index is 0.376. The van der Waals surface area contributed by atoms with Crippen LogP contribution < -0.4 is 25.4 Å². The van der Waals surface area contributed by atoms with Gasteiger partial charge in [-0.2, -0.15) is 5.10 Å². The summed E-state index contributed by atoms with van der Waals surface area (Å²) in [6.07, 6.45) is 1.46. The Labute approximate surface area is 146 Å². The van der Waals surface area contributed by atoms with Crippen LogP contribution in [0.1, 0.15) is 11.1 Å². The molecule has 0 spiro atoms. The van der Waals surface area contributed by atoms with Gasteiger partial charge in [0.05, 0.1) is 13.3 Å². The number of rotatable bonds is 8. The highest BCUT2D eigenvalue weighted by Crippen LogP contribution is 2.27. The molecule has 0 aliphatic rings. The fraction of sp³-hybridized carbons (Fsp3) is 0.222. The topological polar surface area (TPSA) is 95.2 Å². The van der Waals surface area contributed by atoms with Gasteiger partial charge in [0.15, 0.2) is 11.5 Å². The Morgan fingerprint density at radius 1 is 1.12 bits per heavy atom. The van der Waals surface area contributed by atoms with E-state index >= 15 is 0 Å². The number of primary amides is 1. The van der Waals surface area contributed by atoms with Crippen molar-refractivity contribution in [2.75, 3.05) is 20.3 Å². The van der Waals surface area contributed by atoms with E-state index in [0.717, 1.165) is 11.3 Å². The second-order valence-corrected chi connectivity index (χ2v) is 5.15. The molecule has 0 saturated carbocycles. The van der Waals surface area contributed by atoms with Gasteiger partial charge in [-0.3, -0.25) is 0 Å². The Morgan fingerprint density at radius 2 is 1.84 bits per heavy atom. The number of nitrogens with zero attached hydrogens (tertiary/aromatic N) is 1. The zero-order valence-electron chi connectivity index (χ0n) is 14.2. The zero-order valence-corrected chi connectivity index (χ0v) is 14.2. The number of nitrogens with one attached hydrogen (secondary N) is 1. The highest BCUT2D eigenvalue weighted by molar-refractivity contribution is 5.82. The van der Waals surface area contributed by atoms with Crippen LogP contribution in [0.4, 0.5) is 4.79 Å².